The second-order valence-corrected chi connectivity index (χ2v) is 7.48. The van der Waals surface area contributed by atoms with Gasteiger partial charge in [0.25, 0.3) is 0 Å². The Morgan fingerprint density at radius 1 is 1.30 bits per heavy atom. The molecule has 0 saturated heterocycles. The van der Waals surface area contributed by atoms with E-state index in [1.54, 1.807) is 34.0 Å². The molecule has 4 rings (SSSR count). The number of hydrazine groups is 1. The number of hydrogen-bond donors (Lipinski definition) is 2. The van der Waals surface area contributed by atoms with Gasteiger partial charge in [-0.05, 0) is 17.5 Å². The van der Waals surface area contributed by atoms with Crippen molar-refractivity contribution in [2.45, 2.75) is 12.5 Å². The summed E-state index contributed by atoms with van der Waals surface area (Å²) in [6.07, 6.45) is 4.91. The number of hydrogen-bond acceptors (Lipinski definition) is 6. The van der Waals surface area contributed by atoms with Crippen molar-refractivity contribution in [3.63, 3.8) is 0 Å². The van der Waals surface area contributed by atoms with Gasteiger partial charge in [-0.2, -0.15) is 0 Å². The lowest BCUT2D eigenvalue weighted by atomic mass is 10.1. The standard InChI is InChI=1S/C13H12N4S3/c14-16-9(11-6-12-10(20-11)1-3-18-12)5-8-7-17-2-4-19-13(17)15-8/h1-4,6-7,9,16H,5,14H2. The summed E-state index contributed by atoms with van der Waals surface area (Å²) in [6.45, 7) is 0. The van der Waals surface area contributed by atoms with E-state index in [9.17, 15) is 0 Å². The van der Waals surface area contributed by atoms with E-state index in [-0.39, 0.29) is 6.04 Å². The molecule has 3 N–H and O–H groups in total. The van der Waals surface area contributed by atoms with Crippen LogP contribution in [0.5, 0.6) is 0 Å². The Kier molecular flexibility index (Phi) is 3.08. The SMILES string of the molecule is NNC(Cc1cn2ccsc2n1)c1cc2sccc2s1. The van der Waals surface area contributed by atoms with Gasteiger partial charge in [-0.15, -0.1) is 34.0 Å². The van der Waals surface area contributed by atoms with Gasteiger partial charge < -0.3 is 0 Å². The van der Waals surface area contributed by atoms with Gasteiger partial charge in [-0.25, -0.2) is 4.98 Å². The molecular weight excluding hydrogens is 308 g/mol. The number of nitrogens with two attached hydrogens (primary N) is 1. The van der Waals surface area contributed by atoms with Crippen molar-refractivity contribution < 1.29 is 0 Å². The van der Waals surface area contributed by atoms with E-state index >= 15 is 0 Å². The summed E-state index contributed by atoms with van der Waals surface area (Å²) in [7, 11) is 0. The molecule has 1 atom stereocenters. The Morgan fingerprint density at radius 3 is 3.05 bits per heavy atom. The smallest absolute Gasteiger partial charge is 0.193 e. The zero-order valence-corrected chi connectivity index (χ0v) is 12.9. The van der Waals surface area contributed by atoms with Crippen LogP contribution < -0.4 is 11.3 Å². The molecule has 0 spiro atoms. The first-order chi connectivity index (χ1) is 9.83. The van der Waals surface area contributed by atoms with Crippen LogP contribution in [-0.4, -0.2) is 9.38 Å². The maximum atomic E-state index is 5.74. The predicted molar refractivity (Wildman–Crippen MR) is 86.5 cm³/mol. The van der Waals surface area contributed by atoms with Crippen LogP contribution in [0.15, 0.2) is 35.3 Å². The molecule has 102 valence electrons. The number of nitrogens with one attached hydrogen (secondary N) is 1. The van der Waals surface area contributed by atoms with Crippen LogP contribution in [0.1, 0.15) is 16.6 Å². The lowest BCUT2D eigenvalue weighted by Crippen LogP contribution is -2.29. The maximum Gasteiger partial charge on any atom is 0.193 e. The van der Waals surface area contributed by atoms with Gasteiger partial charge in [0, 0.05) is 38.5 Å². The Hall–Kier alpha value is -1.25. The summed E-state index contributed by atoms with van der Waals surface area (Å²) in [5.41, 5.74) is 3.99. The second-order valence-electron chi connectivity index (χ2n) is 4.55. The van der Waals surface area contributed by atoms with Crippen molar-refractivity contribution in [3.05, 3.63) is 45.9 Å². The average molecular weight is 320 g/mol. The first-order valence-electron chi connectivity index (χ1n) is 6.17. The number of thiazole rings is 1. The highest BCUT2D eigenvalue weighted by molar-refractivity contribution is 7.26. The third kappa shape index (κ3) is 2.07. The van der Waals surface area contributed by atoms with Crippen LogP contribution in [0.2, 0.25) is 0 Å². The lowest BCUT2D eigenvalue weighted by Gasteiger charge is -2.12. The van der Waals surface area contributed by atoms with Crippen LogP contribution in [-0.2, 0) is 6.42 Å². The van der Waals surface area contributed by atoms with Crippen LogP contribution >= 0.6 is 34.0 Å². The molecule has 0 fully saturated rings. The van der Waals surface area contributed by atoms with Crippen LogP contribution in [0.4, 0.5) is 0 Å². The van der Waals surface area contributed by atoms with E-state index in [0.29, 0.717) is 0 Å². The van der Waals surface area contributed by atoms with Gasteiger partial charge in [-0.3, -0.25) is 15.7 Å². The van der Waals surface area contributed by atoms with Crippen molar-refractivity contribution in [1.82, 2.24) is 14.8 Å². The molecule has 7 heteroatoms. The average Bonchev–Trinajstić information content (AvgIpc) is 3.13. The molecule has 0 saturated carbocycles. The van der Waals surface area contributed by atoms with Gasteiger partial charge in [0.15, 0.2) is 4.96 Å². The van der Waals surface area contributed by atoms with Gasteiger partial charge in [0.1, 0.15) is 0 Å². The molecule has 0 aliphatic heterocycles. The fraction of sp³-hybridized carbons (Fsp3) is 0.154. The third-order valence-corrected chi connectivity index (χ3v) is 6.24. The first kappa shape index (κ1) is 12.5. The number of thiophene rings is 2. The quantitative estimate of drug-likeness (QED) is 0.447. The summed E-state index contributed by atoms with van der Waals surface area (Å²) in [5.74, 6) is 5.74. The molecule has 4 heterocycles. The number of rotatable bonds is 4. The minimum Gasteiger partial charge on any atom is -0.297 e. The zero-order valence-electron chi connectivity index (χ0n) is 10.4. The molecule has 0 aliphatic carbocycles. The van der Waals surface area contributed by atoms with E-state index in [0.717, 1.165) is 17.1 Å². The van der Waals surface area contributed by atoms with E-state index in [1.165, 1.54) is 14.3 Å². The molecule has 4 nitrogen and oxygen atoms in total. The van der Waals surface area contributed by atoms with Crippen molar-refractivity contribution in [1.29, 1.82) is 0 Å². The molecule has 0 aromatic carbocycles. The summed E-state index contributed by atoms with van der Waals surface area (Å²) in [5, 5.41) is 4.16. The summed E-state index contributed by atoms with van der Waals surface area (Å²) in [4.78, 5) is 6.92. The van der Waals surface area contributed by atoms with E-state index in [1.807, 2.05) is 11.6 Å². The first-order valence-corrected chi connectivity index (χ1v) is 8.75. The largest absolute Gasteiger partial charge is 0.297 e. The Bertz CT molecular complexity index is 796. The summed E-state index contributed by atoms with van der Waals surface area (Å²) >= 11 is 5.22. The van der Waals surface area contributed by atoms with Crippen LogP contribution in [0.3, 0.4) is 0 Å². The van der Waals surface area contributed by atoms with Gasteiger partial charge in [0.05, 0.1) is 11.7 Å². The van der Waals surface area contributed by atoms with E-state index in [2.05, 4.69) is 38.5 Å². The fourth-order valence-corrected chi connectivity index (χ4v) is 5.18. The van der Waals surface area contributed by atoms with E-state index in [4.69, 9.17) is 5.84 Å². The molecule has 20 heavy (non-hydrogen) atoms. The summed E-state index contributed by atoms with van der Waals surface area (Å²) < 4.78 is 4.72. The Balaban J connectivity index is 1.64. The minimum atomic E-state index is 0.115. The highest BCUT2D eigenvalue weighted by Crippen LogP contribution is 2.34. The highest BCUT2D eigenvalue weighted by atomic mass is 32.1. The predicted octanol–water partition coefficient (Wildman–Crippen LogP) is 3.42. The molecule has 0 amide bonds. The molecule has 0 radical (unpaired) electrons. The normalized spacial score (nSPS) is 13.4. The zero-order chi connectivity index (χ0) is 13.5. The van der Waals surface area contributed by atoms with Gasteiger partial charge >= 0.3 is 0 Å². The number of imidazole rings is 1. The Labute approximate surface area is 127 Å². The lowest BCUT2D eigenvalue weighted by molar-refractivity contribution is 0.556. The molecular formula is C13H12N4S3. The molecule has 1 unspecified atom stereocenters. The van der Waals surface area contributed by atoms with Crippen molar-refractivity contribution in [3.8, 4) is 0 Å². The minimum absolute atomic E-state index is 0.115. The fourth-order valence-electron chi connectivity index (χ4n) is 2.28. The van der Waals surface area contributed by atoms with Gasteiger partial charge in [0.2, 0.25) is 0 Å². The topological polar surface area (TPSA) is 55.3 Å². The second kappa shape index (κ2) is 4.94. The van der Waals surface area contributed by atoms with Crippen molar-refractivity contribution in [2.24, 2.45) is 5.84 Å². The Morgan fingerprint density at radius 2 is 2.25 bits per heavy atom. The highest BCUT2D eigenvalue weighted by Gasteiger charge is 2.16. The van der Waals surface area contributed by atoms with Gasteiger partial charge in [-0.1, -0.05) is 0 Å². The van der Waals surface area contributed by atoms with E-state index < -0.39 is 0 Å². The molecule has 4 aromatic rings. The maximum absolute atomic E-state index is 5.74. The molecule has 0 aliphatic rings. The third-order valence-electron chi connectivity index (χ3n) is 3.26. The van der Waals surface area contributed by atoms with Crippen molar-refractivity contribution in [2.75, 3.05) is 0 Å². The molecule has 0 bridgehead atoms. The number of nitrogens with zero attached hydrogens (tertiary/aromatic N) is 2. The molecule has 4 aromatic heterocycles. The van der Waals surface area contributed by atoms with Crippen molar-refractivity contribution >= 4 is 48.4 Å². The number of fused-ring (bicyclic) bond motifs is 2. The summed E-state index contributed by atoms with van der Waals surface area (Å²) in [6, 6.07) is 4.51. The van der Waals surface area contributed by atoms with Crippen LogP contribution in [0, 0.1) is 0 Å². The van der Waals surface area contributed by atoms with Crippen LogP contribution in [0.25, 0.3) is 14.4 Å². The number of aromatic nitrogens is 2. The monoisotopic (exact) mass is 320 g/mol.